The van der Waals surface area contributed by atoms with Crippen molar-refractivity contribution in [2.24, 2.45) is 5.92 Å². The maximum absolute atomic E-state index is 12.3. The van der Waals surface area contributed by atoms with Crippen molar-refractivity contribution in [1.82, 2.24) is 4.90 Å². The van der Waals surface area contributed by atoms with Crippen molar-refractivity contribution in [3.8, 4) is 0 Å². The quantitative estimate of drug-likeness (QED) is 0.682. The first-order chi connectivity index (χ1) is 8.70. The summed E-state index contributed by atoms with van der Waals surface area (Å²) in [6.07, 6.45) is 10.7. The molecule has 0 N–H and O–H groups in total. The van der Waals surface area contributed by atoms with Crippen LogP contribution >= 0.6 is 11.8 Å². The molecule has 1 amide bonds. The average molecular weight is 265 g/mol. The Morgan fingerprint density at radius 1 is 1.44 bits per heavy atom. The topological polar surface area (TPSA) is 29.5 Å². The van der Waals surface area contributed by atoms with Crippen LogP contribution in [0.2, 0.25) is 0 Å². The van der Waals surface area contributed by atoms with Crippen molar-refractivity contribution in [1.29, 1.82) is 0 Å². The Morgan fingerprint density at radius 3 is 3.17 bits per heavy atom. The molecule has 4 aliphatic rings. The van der Waals surface area contributed by atoms with Crippen LogP contribution in [0.15, 0.2) is 11.6 Å². The van der Waals surface area contributed by atoms with Gasteiger partial charge >= 0.3 is 0 Å². The molecular formula is C14H19NO2S. The van der Waals surface area contributed by atoms with Gasteiger partial charge in [-0.05, 0) is 50.0 Å². The number of hydrogen-bond donors (Lipinski definition) is 0. The summed E-state index contributed by atoms with van der Waals surface area (Å²) in [5.41, 5.74) is 1.06. The zero-order chi connectivity index (χ0) is 12.4. The molecule has 2 bridgehead atoms. The minimum absolute atomic E-state index is 0.139. The summed E-state index contributed by atoms with van der Waals surface area (Å²) < 4.78 is 6.49. The van der Waals surface area contributed by atoms with Gasteiger partial charge in [0.15, 0.2) is 5.72 Å². The Morgan fingerprint density at radius 2 is 2.33 bits per heavy atom. The smallest absolute Gasteiger partial charge is 0.225 e. The fourth-order valence-corrected chi connectivity index (χ4v) is 5.17. The van der Waals surface area contributed by atoms with Crippen molar-refractivity contribution in [2.75, 3.05) is 12.8 Å². The van der Waals surface area contributed by atoms with Crippen molar-refractivity contribution >= 4 is 17.7 Å². The van der Waals surface area contributed by atoms with Crippen LogP contribution in [0.25, 0.3) is 0 Å². The van der Waals surface area contributed by atoms with Gasteiger partial charge in [-0.3, -0.25) is 4.79 Å². The standard InChI is InChI=1S/C14H19NO2S/c1-18-13-8-10-4-2-3-7-15-12(16)6-5-11(9-13)14(10,15)17-13/h8,11H,2-7,9H2,1H3/t11-,13+,14+/m1/s1. The van der Waals surface area contributed by atoms with Crippen LogP contribution in [0.5, 0.6) is 0 Å². The highest BCUT2D eigenvalue weighted by Gasteiger charge is 2.66. The van der Waals surface area contributed by atoms with Crippen LogP contribution in [-0.2, 0) is 9.53 Å². The molecule has 18 heavy (non-hydrogen) atoms. The van der Waals surface area contributed by atoms with Gasteiger partial charge in [0.2, 0.25) is 5.91 Å². The van der Waals surface area contributed by atoms with Gasteiger partial charge in [-0.15, -0.1) is 11.8 Å². The highest BCUT2D eigenvalue weighted by Crippen LogP contribution is 2.62. The number of thioether (sulfide) groups is 1. The Hall–Kier alpha value is -0.480. The summed E-state index contributed by atoms with van der Waals surface area (Å²) in [6.45, 7) is 0.886. The molecule has 0 unspecified atom stereocenters. The molecule has 3 fully saturated rings. The summed E-state index contributed by atoms with van der Waals surface area (Å²) in [7, 11) is 0. The van der Waals surface area contributed by atoms with Crippen LogP contribution in [0.3, 0.4) is 0 Å². The largest absolute Gasteiger partial charge is 0.330 e. The molecule has 4 heterocycles. The molecule has 0 radical (unpaired) electrons. The number of carbonyl (C=O) groups is 1. The van der Waals surface area contributed by atoms with E-state index in [1.165, 1.54) is 12.0 Å². The summed E-state index contributed by atoms with van der Waals surface area (Å²) in [4.78, 5) is 14.2. The molecule has 0 aliphatic carbocycles. The number of fused-ring (bicyclic) bond motifs is 1. The van der Waals surface area contributed by atoms with Gasteiger partial charge in [0, 0.05) is 18.9 Å². The van der Waals surface area contributed by atoms with E-state index >= 15 is 0 Å². The van der Waals surface area contributed by atoms with Crippen LogP contribution in [-0.4, -0.2) is 34.3 Å². The second kappa shape index (κ2) is 3.54. The van der Waals surface area contributed by atoms with Crippen molar-refractivity contribution in [2.45, 2.75) is 49.2 Å². The number of rotatable bonds is 1. The molecule has 0 aromatic heterocycles. The Labute approximate surface area is 112 Å². The molecule has 3 atom stereocenters. The number of piperidine rings is 1. The highest BCUT2D eigenvalue weighted by molar-refractivity contribution is 8.00. The molecule has 1 spiro atoms. The molecule has 3 nitrogen and oxygen atoms in total. The summed E-state index contributed by atoms with van der Waals surface area (Å²) in [5, 5.41) is 0. The minimum atomic E-state index is -0.338. The van der Waals surface area contributed by atoms with Gasteiger partial charge < -0.3 is 9.64 Å². The Bertz CT molecular complexity index is 449. The number of carbonyl (C=O) groups excluding carboxylic acids is 1. The SMILES string of the molecule is CS[C@@]12C=C3CCCCN4C(=O)CC[C@H](C1)[C@@]34O2. The van der Waals surface area contributed by atoms with E-state index in [9.17, 15) is 4.79 Å². The van der Waals surface area contributed by atoms with Crippen LogP contribution in [0, 0.1) is 5.92 Å². The van der Waals surface area contributed by atoms with Gasteiger partial charge in [0.1, 0.15) is 4.93 Å². The second-order valence-electron chi connectivity index (χ2n) is 5.93. The third-order valence-electron chi connectivity index (χ3n) is 5.10. The zero-order valence-corrected chi connectivity index (χ0v) is 11.6. The molecule has 4 aliphatic heterocycles. The van der Waals surface area contributed by atoms with Gasteiger partial charge in [-0.25, -0.2) is 0 Å². The normalized spacial score (nSPS) is 45.8. The summed E-state index contributed by atoms with van der Waals surface area (Å²) in [5.74, 6) is 0.832. The third-order valence-corrected chi connectivity index (χ3v) is 6.16. The molecule has 0 aromatic rings. The molecule has 4 heteroatoms. The van der Waals surface area contributed by atoms with Gasteiger partial charge in [-0.1, -0.05) is 0 Å². The zero-order valence-electron chi connectivity index (χ0n) is 10.8. The van der Waals surface area contributed by atoms with Gasteiger partial charge in [-0.2, -0.15) is 0 Å². The van der Waals surface area contributed by atoms with E-state index in [0.717, 1.165) is 32.2 Å². The van der Waals surface area contributed by atoms with Crippen LogP contribution in [0.1, 0.15) is 38.5 Å². The lowest BCUT2D eigenvalue weighted by atomic mass is 9.76. The first-order valence-electron chi connectivity index (χ1n) is 6.98. The Balaban J connectivity index is 1.86. The molecule has 0 aromatic carbocycles. The number of ether oxygens (including phenoxy) is 1. The molecular weight excluding hydrogens is 246 g/mol. The number of nitrogens with zero attached hydrogens (tertiary/aromatic N) is 1. The predicted molar refractivity (Wildman–Crippen MR) is 71.1 cm³/mol. The van der Waals surface area contributed by atoms with E-state index in [-0.39, 0.29) is 10.7 Å². The van der Waals surface area contributed by atoms with E-state index in [2.05, 4.69) is 17.2 Å². The van der Waals surface area contributed by atoms with E-state index < -0.39 is 0 Å². The van der Waals surface area contributed by atoms with E-state index in [1.807, 2.05) is 0 Å². The van der Waals surface area contributed by atoms with E-state index in [4.69, 9.17) is 4.74 Å². The third kappa shape index (κ3) is 1.19. The molecule has 98 valence electrons. The Kier molecular flexibility index (Phi) is 2.23. The lowest BCUT2D eigenvalue weighted by molar-refractivity contribution is -0.171. The number of amides is 1. The fraction of sp³-hybridized carbons (Fsp3) is 0.786. The van der Waals surface area contributed by atoms with Gasteiger partial charge in [0.25, 0.3) is 0 Å². The lowest BCUT2D eigenvalue weighted by Crippen LogP contribution is -2.58. The van der Waals surface area contributed by atoms with Gasteiger partial charge in [0.05, 0.1) is 0 Å². The van der Waals surface area contributed by atoms with E-state index in [0.29, 0.717) is 18.2 Å². The minimum Gasteiger partial charge on any atom is -0.330 e. The van der Waals surface area contributed by atoms with Crippen LogP contribution < -0.4 is 0 Å². The summed E-state index contributed by atoms with van der Waals surface area (Å²) in [6, 6.07) is 0. The maximum Gasteiger partial charge on any atom is 0.225 e. The molecule has 3 saturated heterocycles. The molecule has 4 rings (SSSR count). The summed E-state index contributed by atoms with van der Waals surface area (Å²) >= 11 is 1.80. The first-order valence-corrected chi connectivity index (χ1v) is 8.21. The number of hydrogen-bond acceptors (Lipinski definition) is 3. The average Bonchev–Trinajstić information content (AvgIpc) is 2.80. The van der Waals surface area contributed by atoms with Crippen molar-refractivity contribution in [3.05, 3.63) is 11.6 Å². The maximum atomic E-state index is 12.3. The van der Waals surface area contributed by atoms with Crippen molar-refractivity contribution < 1.29 is 9.53 Å². The lowest BCUT2D eigenvalue weighted by Gasteiger charge is -2.46. The fourth-order valence-electron chi connectivity index (χ4n) is 4.33. The van der Waals surface area contributed by atoms with E-state index in [1.54, 1.807) is 11.8 Å². The second-order valence-corrected chi connectivity index (χ2v) is 7.03. The monoisotopic (exact) mass is 265 g/mol. The predicted octanol–water partition coefficient (Wildman–Crippen LogP) is 2.52. The molecule has 0 saturated carbocycles. The van der Waals surface area contributed by atoms with Crippen LogP contribution in [0.4, 0.5) is 0 Å². The van der Waals surface area contributed by atoms with Crippen molar-refractivity contribution in [3.63, 3.8) is 0 Å². The highest BCUT2D eigenvalue weighted by atomic mass is 32.2. The first kappa shape index (κ1) is 11.4.